The van der Waals surface area contributed by atoms with Gasteiger partial charge in [0.2, 0.25) is 0 Å². The van der Waals surface area contributed by atoms with Crippen LogP contribution in [0, 0.1) is 12.3 Å². The molecule has 19 heavy (non-hydrogen) atoms. The predicted molar refractivity (Wildman–Crippen MR) is 78.6 cm³/mol. The van der Waals surface area contributed by atoms with E-state index >= 15 is 0 Å². The monoisotopic (exact) mass is 247 g/mol. The molecule has 2 aromatic carbocycles. The molecule has 1 atom stereocenters. The standard InChI is InChI=1S/C18H17N/c1-2-18-17-11-7-6-10-16(17)12-13-19(18)14-15-8-4-3-5-9-15/h1,3-11,18H,12-14H2/t18-/m0/s1. The van der Waals surface area contributed by atoms with E-state index in [1.54, 1.807) is 0 Å². The average molecular weight is 247 g/mol. The number of rotatable bonds is 2. The second kappa shape index (κ2) is 5.30. The lowest BCUT2D eigenvalue weighted by atomic mass is 9.92. The van der Waals surface area contributed by atoms with E-state index in [1.807, 2.05) is 6.07 Å². The van der Waals surface area contributed by atoms with E-state index < -0.39 is 0 Å². The summed E-state index contributed by atoms with van der Waals surface area (Å²) in [4.78, 5) is 2.39. The van der Waals surface area contributed by atoms with Gasteiger partial charge in [-0.1, -0.05) is 60.5 Å². The molecule has 0 unspecified atom stereocenters. The summed E-state index contributed by atoms with van der Waals surface area (Å²) in [5.74, 6) is 2.96. The van der Waals surface area contributed by atoms with Gasteiger partial charge in [-0.25, -0.2) is 0 Å². The van der Waals surface area contributed by atoms with Gasteiger partial charge < -0.3 is 0 Å². The van der Waals surface area contributed by atoms with Gasteiger partial charge in [0.05, 0.1) is 6.04 Å². The van der Waals surface area contributed by atoms with E-state index in [4.69, 9.17) is 6.42 Å². The Morgan fingerprint density at radius 2 is 1.79 bits per heavy atom. The Kier molecular flexibility index (Phi) is 3.35. The predicted octanol–water partition coefficient (Wildman–Crippen LogP) is 3.42. The summed E-state index contributed by atoms with van der Waals surface area (Å²) < 4.78 is 0. The average Bonchev–Trinajstić information content (AvgIpc) is 2.48. The van der Waals surface area contributed by atoms with E-state index in [2.05, 4.69) is 59.4 Å². The molecule has 0 bridgehead atoms. The lowest BCUT2D eigenvalue weighted by Gasteiger charge is -2.34. The minimum atomic E-state index is 0.102. The van der Waals surface area contributed by atoms with Gasteiger partial charge in [-0.3, -0.25) is 4.90 Å². The van der Waals surface area contributed by atoms with Crippen molar-refractivity contribution in [2.24, 2.45) is 0 Å². The molecule has 0 saturated heterocycles. The topological polar surface area (TPSA) is 3.24 Å². The van der Waals surface area contributed by atoms with E-state index in [0.29, 0.717) is 0 Å². The molecular weight excluding hydrogens is 230 g/mol. The maximum atomic E-state index is 5.77. The van der Waals surface area contributed by atoms with Crippen molar-refractivity contribution in [2.45, 2.75) is 19.0 Å². The van der Waals surface area contributed by atoms with Gasteiger partial charge in [0.25, 0.3) is 0 Å². The molecule has 0 aliphatic carbocycles. The molecule has 1 nitrogen and oxygen atoms in total. The van der Waals surface area contributed by atoms with E-state index in [1.165, 1.54) is 16.7 Å². The number of hydrogen-bond acceptors (Lipinski definition) is 1. The molecule has 1 heterocycles. The lowest BCUT2D eigenvalue weighted by Crippen LogP contribution is -2.34. The third kappa shape index (κ3) is 2.41. The van der Waals surface area contributed by atoms with Gasteiger partial charge in [0.15, 0.2) is 0 Å². The van der Waals surface area contributed by atoms with Gasteiger partial charge >= 0.3 is 0 Å². The van der Waals surface area contributed by atoms with Crippen LogP contribution in [0.3, 0.4) is 0 Å². The van der Waals surface area contributed by atoms with Crippen LogP contribution in [0.2, 0.25) is 0 Å². The Balaban J connectivity index is 1.87. The Hall–Kier alpha value is -2.04. The minimum Gasteiger partial charge on any atom is -0.281 e. The minimum absolute atomic E-state index is 0.102. The van der Waals surface area contributed by atoms with Gasteiger partial charge in [-0.15, -0.1) is 6.42 Å². The molecule has 0 N–H and O–H groups in total. The maximum absolute atomic E-state index is 5.77. The fourth-order valence-electron chi connectivity index (χ4n) is 2.80. The summed E-state index contributed by atoms with van der Waals surface area (Å²) in [6.07, 6.45) is 6.85. The molecule has 0 saturated carbocycles. The zero-order chi connectivity index (χ0) is 13.1. The molecule has 1 heteroatoms. The second-order valence-electron chi connectivity index (χ2n) is 4.97. The number of fused-ring (bicyclic) bond motifs is 1. The van der Waals surface area contributed by atoms with Crippen molar-refractivity contribution in [2.75, 3.05) is 6.54 Å². The Morgan fingerprint density at radius 3 is 2.58 bits per heavy atom. The summed E-state index contributed by atoms with van der Waals surface area (Å²) in [6, 6.07) is 19.2. The van der Waals surface area contributed by atoms with Crippen molar-refractivity contribution in [1.82, 2.24) is 4.90 Å². The van der Waals surface area contributed by atoms with Crippen LogP contribution in [0.25, 0.3) is 0 Å². The van der Waals surface area contributed by atoms with Crippen molar-refractivity contribution in [3.05, 3.63) is 71.3 Å². The first kappa shape index (κ1) is 12.0. The molecule has 0 aromatic heterocycles. The number of terminal acetylenes is 1. The number of nitrogens with zero attached hydrogens (tertiary/aromatic N) is 1. The van der Waals surface area contributed by atoms with Crippen LogP contribution in [0.1, 0.15) is 22.7 Å². The molecular formula is C18H17N. The summed E-state index contributed by atoms with van der Waals surface area (Å²) in [5, 5.41) is 0. The molecule has 0 fully saturated rings. The quantitative estimate of drug-likeness (QED) is 0.735. The van der Waals surface area contributed by atoms with E-state index in [0.717, 1.165) is 19.5 Å². The smallest absolute Gasteiger partial charge is 0.0973 e. The first-order valence-corrected chi connectivity index (χ1v) is 6.70. The van der Waals surface area contributed by atoms with E-state index in [-0.39, 0.29) is 6.04 Å². The highest BCUT2D eigenvalue weighted by atomic mass is 15.2. The van der Waals surface area contributed by atoms with Crippen LogP contribution in [0.15, 0.2) is 54.6 Å². The summed E-state index contributed by atoms with van der Waals surface area (Å²) >= 11 is 0. The van der Waals surface area contributed by atoms with Crippen LogP contribution in [-0.4, -0.2) is 11.4 Å². The lowest BCUT2D eigenvalue weighted by molar-refractivity contribution is 0.217. The van der Waals surface area contributed by atoms with Gasteiger partial charge in [0.1, 0.15) is 0 Å². The molecule has 0 radical (unpaired) electrons. The molecule has 3 rings (SSSR count). The number of hydrogen-bond donors (Lipinski definition) is 0. The van der Waals surface area contributed by atoms with Crippen molar-refractivity contribution < 1.29 is 0 Å². The maximum Gasteiger partial charge on any atom is 0.0973 e. The van der Waals surface area contributed by atoms with Crippen LogP contribution >= 0.6 is 0 Å². The van der Waals surface area contributed by atoms with Crippen LogP contribution in [0.4, 0.5) is 0 Å². The van der Waals surface area contributed by atoms with Crippen molar-refractivity contribution in [1.29, 1.82) is 0 Å². The van der Waals surface area contributed by atoms with Crippen LogP contribution in [-0.2, 0) is 13.0 Å². The Morgan fingerprint density at radius 1 is 1.05 bits per heavy atom. The van der Waals surface area contributed by atoms with E-state index in [9.17, 15) is 0 Å². The molecule has 94 valence electrons. The third-order valence-corrected chi connectivity index (χ3v) is 3.77. The Bertz CT molecular complexity index is 595. The van der Waals surface area contributed by atoms with Gasteiger partial charge in [-0.2, -0.15) is 0 Å². The van der Waals surface area contributed by atoms with Gasteiger partial charge in [0, 0.05) is 13.1 Å². The first-order valence-electron chi connectivity index (χ1n) is 6.70. The SMILES string of the molecule is C#C[C@H]1c2ccccc2CCN1Cc1ccccc1. The van der Waals surface area contributed by atoms with Crippen LogP contribution < -0.4 is 0 Å². The Labute approximate surface area is 114 Å². The summed E-state index contributed by atoms with van der Waals surface area (Å²) in [6.45, 7) is 1.95. The fourth-order valence-corrected chi connectivity index (χ4v) is 2.80. The highest BCUT2D eigenvalue weighted by Crippen LogP contribution is 2.30. The zero-order valence-corrected chi connectivity index (χ0v) is 10.9. The molecule has 1 aliphatic heterocycles. The van der Waals surface area contributed by atoms with Crippen molar-refractivity contribution >= 4 is 0 Å². The highest BCUT2D eigenvalue weighted by Gasteiger charge is 2.25. The molecule has 0 amide bonds. The number of benzene rings is 2. The summed E-state index contributed by atoms with van der Waals surface area (Å²) in [5.41, 5.74) is 4.02. The first-order chi connectivity index (χ1) is 9.38. The van der Waals surface area contributed by atoms with Gasteiger partial charge in [-0.05, 0) is 23.1 Å². The largest absolute Gasteiger partial charge is 0.281 e. The molecule has 0 spiro atoms. The third-order valence-electron chi connectivity index (χ3n) is 3.77. The highest BCUT2D eigenvalue weighted by molar-refractivity contribution is 5.37. The molecule has 2 aromatic rings. The normalized spacial score (nSPS) is 18.6. The zero-order valence-electron chi connectivity index (χ0n) is 10.9. The summed E-state index contributed by atoms with van der Waals surface area (Å²) in [7, 11) is 0. The van der Waals surface area contributed by atoms with Crippen LogP contribution in [0.5, 0.6) is 0 Å². The second-order valence-corrected chi connectivity index (χ2v) is 4.97. The fraction of sp³-hybridized carbons (Fsp3) is 0.222. The molecule has 1 aliphatic rings. The van der Waals surface area contributed by atoms with Crippen molar-refractivity contribution in [3.8, 4) is 12.3 Å². The van der Waals surface area contributed by atoms with Crippen molar-refractivity contribution in [3.63, 3.8) is 0 Å².